The fourth-order valence-electron chi connectivity index (χ4n) is 3.01. The van der Waals surface area contributed by atoms with Crippen molar-refractivity contribution in [3.63, 3.8) is 0 Å². The highest BCUT2D eigenvalue weighted by molar-refractivity contribution is 7.89. The van der Waals surface area contributed by atoms with Crippen LogP contribution in [0.15, 0.2) is 29.2 Å². The van der Waals surface area contributed by atoms with Gasteiger partial charge in [0.2, 0.25) is 15.5 Å². The van der Waals surface area contributed by atoms with Gasteiger partial charge in [-0.3, -0.25) is 9.59 Å². The van der Waals surface area contributed by atoms with Crippen LogP contribution in [0.1, 0.15) is 16.8 Å². The number of aromatic amines is 1. The molecule has 3 N–H and O–H groups in total. The fourth-order valence-corrected chi connectivity index (χ4v) is 4.11. The molecule has 0 bridgehead atoms. The lowest BCUT2D eigenvalue weighted by Crippen LogP contribution is -2.33. The summed E-state index contributed by atoms with van der Waals surface area (Å²) in [6.45, 7) is 0.671. The van der Waals surface area contributed by atoms with Gasteiger partial charge in [0.05, 0.1) is 11.3 Å². The zero-order chi connectivity index (χ0) is 17.5. The topological polar surface area (TPSA) is 113 Å². The van der Waals surface area contributed by atoms with Crippen LogP contribution in [-0.2, 0) is 10.0 Å². The van der Waals surface area contributed by atoms with Gasteiger partial charge in [0.1, 0.15) is 5.56 Å². The molecule has 3 rings (SSSR count). The molecular weight excluding hydrogens is 354 g/mol. The van der Waals surface area contributed by atoms with Crippen molar-refractivity contribution in [3.8, 4) is 0 Å². The minimum absolute atomic E-state index is 0.0288. The summed E-state index contributed by atoms with van der Waals surface area (Å²) in [7, 11) is -3.58. The Morgan fingerprint density at radius 1 is 1.42 bits per heavy atom. The van der Waals surface area contributed by atoms with Crippen LogP contribution in [0.25, 0.3) is 10.9 Å². The molecule has 1 aromatic heterocycles. The molecule has 0 saturated carbocycles. The first-order valence-electron chi connectivity index (χ1n) is 7.35. The number of sulfonamides is 1. The molecule has 1 aromatic carbocycles. The van der Waals surface area contributed by atoms with E-state index in [0.717, 1.165) is 0 Å². The number of benzene rings is 1. The molecule has 24 heavy (non-hydrogen) atoms. The highest BCUT2D eigenvalue weighted by atomic mass is 35.5. The molecule has 0 unspecified atom stereocenters. The maximum Gasteiger partial charge on any atom is 0.259 e. The number of halogens is 1. The largest absolute Gasteiger partial charge is 0.360 e. The quantitative estimate of drug-likeness (QED) is 0.837. The van der Waals surface area contributed by atoms with E-state index in [9.17, 15) is 18.0 Å². The van der Waals surface area contributed by atoms with Gasteiger partial charge < -0.3 is 9.88 Å². The zero-order valence-corrected chi connectivity index (χ0v) is 14.2. The summed E-state index contributed by atoms with van der Waals surface area (Å²) in [5.74, 6) is -0.782. The molecule has 0 aliphatic carbocycles. The Morgan fingerprint density at radius 3 is 2.88 bits per heavy atom. The lowest BCUT2D eigenvalue weighted by molar-refractivity contribution is 0.0786. The van der Waals surface area contributed by atoms with E-state index in [1.807, 2.05) is 0 Å². The Hall–Kier alpha value is -1.90. The summed E-state index contributed by atoms with van der Waals surface area (Å²) in [6.07, 6.45) is 1.92. The molecule has 7 nitrogen and oxygen atoms in total. The monoisotopic (exact) mass is 369 g/mol. The predicted molar refractivity (Wildman–Crippen MR) is 91.6 cm³/mol. The van der Waals surface area contributed by atoms with Crippen molar-refractivity contribution in [3.05, 3.63) is 45.2 Å². The van der Waals surface area contributed by atoms with E-state index in [1.165, 1.54) is 11.1 Å². The van der Waals surface area contributed by atoms with E-state index in [4.69, 9.17) is 16.7 Å². The van der Waals surface area contributed by atoms with Crippen LogP contribution in [-0.4, -0.2) is 43.1 Å². The molecule has 1 saturated heterocycles. The third-order valence-electron chi connectivity index (χ3n) is 4.11. The van der Waals surface area contributed by atoms with Crippen molar-refractivity contribution < 1.29 is 13.2 Å². The number of amides is 1. The lowest BCUT2D eigenvalue weighted by atomic mass is 10.1. The van der Waals surface area contributed by atoms with Gasteiger partial charge in [-0.25, -0.2) is 13.6 Å². The summed E-state index contributed by atoms with van der Waals surface area (Å²) in [5.41, 5.74) is 0.207. The predicted octanol–water partition coefficient (Wildman–Crippen LogP) is 0.932. The number of nitrogens with two attached hydrogens (primary N) is 1. The van der Waals surface area contributed by atoms with Crippen molar-refractivity contribution in [2.75, 3.05) is 18.8 Å². The van der Waals surface area contributed by atoms with Gasteiger partial charge in [0.15, 0.2) is 0 Å². The normalized spacial score (nSPS) is 18.2. The maximum atomic E-state index is 12.6. The minimum atomic E-state index is -3.58. The van der Waals surface area contributed by atoms with E-state index >= 15 is 0 Å². The number of H-pyrrole nitrogens is 1. The van der Waals surface area contributed by atoms with Crippen LogP contribution >= 0.6 is 11.6 Å². The van der Waals surface area contributed by atoms with E-state index in [1.54, 1.807) is 18.2 Å². The minimum Gasteiger partial charge on any atom is -0.360 e. The molecule has 2 aromatic rings. The number of nitrogens with one attached hydrogen (secondary N) is 1. The Kier molecular flexibility index (Phi) is 4.37. The number of nitrogens with zero attached hydrogens (tertiary/aromatic N) is 1. The van der Waals surface area contributed by atoms with Crippen molar-refractivity contribution in [1.29, 1.82) is 0 Å². The van der Waals surface area contributed by atoms with Crippen LogP contribution in [0.3, 0.4) is 0 Å². The number of carbonyl (C=O) groups is 1. The molecule has 1 amide bonds. The van der Waals surface area contributed by atoms with Crippen LogP contribution in [0.4, 0.5) is 0 Å². The molecule has 128 valence electrons. The van der Waals surface area contributed by atoms with Gasteiger partial charge in [0, 0.05) is 29.7 Å². The van der Waals surface area contributed by atoms with E-state index in [2.05, 4.69) is 4.98 Å². The molecular formula is C15H16ClN3O4S. The van der Waals surface area contributed by atoms with Crippen molar-refractivity contribution in [2.24, 2.45) is 11.1 Å². The third-order valence-corrected chi connectivity index (χ3v) is 5.29. The van der Waals surface area contributed by atoms with Crippen molar-refractivity contribution in [2.45, 2.75) is 6.42 Å². The Balaban J connectivity index is 1.86. The Morgan fingerprint density at radius 2 is 2.17 bits per heavy atom. The average molecular weight is 370 g/mol. The fraction of sp³-hybridized carbons (Fsp3) is 0.333. The summed E-state index contributed by atoms with van der Waals surface area (Å²) in [4.78, 5) is 29.5. The number of rotatable bonds is 3. The first kappa shape index (κ1) is 16.9. The van der Waals surface area contributed by atoms with Crippen LogP contribution in [0.5, 0.6) is 0 Å². The van der Waals surface area contributed by atoms with Gasteiger partial charge in [-0.2, -0.15) is 0 Å². The molecule has 1 aliphatic heterocycles. The number of aromatic nitrogens is 1. The average Bonchev–Trinajstić information content (AvgIpc) is 2.93. The van der Waals surface area contributed by atoms with E-state index in [-0.39, 0.29) is 29.2 Å². The second kappa shape index (κ2) is 6.19. The van der Waals surface area contributed by atoms with Crippen LogP contribution in [0, 0.1) is 5.92 Å². The summed E-state index contributed by atoms with van der Waals surface area (Å²) < 4.78 is 22.3. The van der Waals surface area contributed by atoms with Crippen molar-refractivity contribution >= 4 is 38.4 Å². The number of carbonyl (C=O) groups excluding carboxylic acids is 1. The number of hydrogen-bond acceptors (Lipinski definition) is 4. The first-order valence-corrected chi connectivity index (χ1v) is 9.44. The molecule has 0 spiro atoms. The summed E-state index contributed by atoms with van der Waals surface area (Å²) in [5, 5.41) is 5.92. The molecule has 1 fully saturated rings. The Labute approximate surface area is 143 Å². The molecule has 2 heterocycles. The third kappa shape index (κ3) is 3.45. The lowest BCUT2D eigenvalue weighted by Gasteiger charge is -2.16. The molecule has 1 atom stereocenters. The first-order chi connectivity index (χ1) is 11.2. The second-order valence-electron chi connectivity index (χ2n) is 5.96. The SMILES string of the molecule is NS(=O)(=O)C[C@@H]1CCN(C(=O)c2c[nH]c3cc(Cl)ccc3c2=O)C1. The standard InChI is InChI=1S/C15H16ClN3O4S/c16-10-1-2-11-13(5-10)18-6-12(14(11)20)15(21)19-4-3-9(7-19)8-24(17,22)23/h1-2,5-6,9H,3-4,7-8H2,(H,18,20)(H2,17,22,23)/t9-/m1/s1. The summed E-state index contributed by atoms with van der Waals surface area (Å²) >= 11 is 5.89. The smallest absolute Gasteiger partial charge is 0.259 e. The van der Waals surface area contributed by atoms with Gasteiger partial charge in [-0.1, -0.05) is 11.6 Å². The highest BCUT2D eigenvalue weighted by Gasteiger charge is 2.30. The van der Waals surface area contributed by atoms with Gasteiger partial charge >= 0.3 is 0 Å². The van der Waals surface area contributed by atoms with Gasteiger partial charge in [-0.05, 0) is 30.5 Å². The Bertz CT molecular complexity index is 970. The van der Waals surface area contributed by atoms with Crippen LogP contribution in [0.2, 0.25) is 5.02 Å². The maximum absolute atomic E-state index is 12.6. The molecule has 1 aliphatic rings. The van der Waals surface area contributed by atoms with E-state index in [0.29, 0.717) is 28.9 Å². The number of hydrogen-bond donors (Lipinski definition) is 2. The van der Waals surface area contributed by atoms with Crippen molar-refractivity contribution in [1.82, 2.24) is 9.88 Å². The number of pyridine rings is 1. The van der Waals surface area contributed by atoms with Crippen LogP contribution < -0.4 is 10.6 Å². The highest BCUT2D eigenvalue weighted by Crippen LogP contribution is 2.20. The summed E-state index contributed by atoms with van der Waals surface area (Å²) in [6, 6.07) is 4.77. The zero-order valence-electron chi connectivity index (χ0n) is 12.7. The molecule has 9 heteroatoms. The van der Waals surface area contributed by atoms with Gasteiger partial charge in [0.25, 0.3) is 5.91 Å². The number of likely N-dealkylation sites (tertiary alicyclic amines) is 1. The van der Waals surface area contributed by atoms with E-state index < -0.39 is 15.9 Å². The molecule has 0 radical (unpaired) electrons. The second-order valence-corrected chi connectivity index (χ2v) is 8.05. The number of fused-ring (bicyclic) bond motifs is 1. The van der Waals surface area contributed by atoms with Gasteiger partial charge in [-0.15, -0.1) is 0 Å². The number of primary sulfonamides is 1.